The van der Waals surface area contributed by atoms with Crippen LogP contribution in [0.15, 0.2) is 46.9 Å². The van der Waals surface area contributed by atoms with Crippen LogP contribution in [-0.4, -0.2) is 35.4 Å². The number of aryl methyl sites for hydroxylation is 1. The van der Waals surface area contributed by atoms with E-state index in [2.05, 4.69) is 15.2 Å². The van der Waals surface area contributed by atoms with E-state index < -0.39 is 0 Å². The summed E-state index contributed by atoms with van der Waals surface area (Å²) in [6, 6.07) is 13.4. The van der Waals surface area contributed by atoms with E-state index >= 15 is 0 Å². The van der Waals surface area contributed by atoms with E-state index in [4.69, 9.17) is 16.0 Å². The molecule has 0 aliphatic carbocycles. The summed E-state index contributed by atoms with van der Waals surface area (Å²) >= 11 is 6.12. The third-order valence-electron chi connectivity index (χ3n) is 5.07. The summed E-state index contributed by atoms with van der Waals surface area (Å²) in [5.41, 5.74) is 3.48. The first kappa shape index (κ1) is 18.0. The summed E-state index contributed by atoms with van der Waals surface area (Å²) in [6.07, 6.45) is 1.88. The zero-order chi connectivity index (χ0) is 18.8. The number of likely N-dealkylation sites (tertiary alicyclic amines) is 1. The SMILES string of the molecule is Cc1ccc(NC(=O)CN2CCC(c3nc4ccccc4o3)CC2)cc1Cl. The van der Waals surface area contributed by atoms with Crippen molar-refractivity contribution in [3.05, 3.63) is 58.9 Å². The summed E-state index contributed by atoms with van der Waals surface area (Å²) in [7, 11) is 0. The van der Waals surface area contributed by atoms with Crippen LogP contribution >= 0.6 is 11.6 Å². The summed E-state index contributed by atoms with van der Waals surface area (Å²) < 4.78 is 5.90. The van der Waals surface area contributed by atoms with Crippen molar-refractivity contribution in [2.75, 3.05) is 25.0 Å². The van der Waals surface area contributed by atoms with Crippen LogP contribution in [0.3, 0.4) is 0 Å². The maximum absolute atomic E-state index is 12.3. The molecule has 4 rings (SSSR count). The van der Waals surface area contributed by atoms with E-state index in [-0.39, 0.29) is 5.91 Å². The molecule has 6 heteroatoms. The second-order valence-corrected chi connectivity index (χ2v) is 7.49. The molecule has 5 nitrogen and oxygen atoms in total. The van der Waals surface area contributed by atoms with Gasteiger partial charge in [-0.15, -0.1) is 0 Å². The van der Waals surface area contributed by atoms with Crippen LogP contribution in [0.1, 0.15) is 30.2 Å². The van der Waals surface area contributed by atoms with Gasteiger partial charge in [0.1, 0.15) is 5.52 Å². The zero-order valence-electron chi connectivity index (χ0n) is 15.2. The zero-order valence-corrected chi connectivity index (χ0v) is 16.0. The fraction of sp³-hybridized carbons (Fsp3) is 0.333. The average molecular weight is 384 g/mol. The van der Waals surface area contributed by atoms with Crippen molar-refractivity contribution in [1.82, 2.24) is 9.88 Å². The first-order valence-electron chi connectivity index (χ1n) is 9.22. The molecular weight excluding hydrogens is 362 g/mol. The molecule has 0 saturated carbocycles. The maximum Gasteiger partial charge on any atom is 0.238 e. The molecule has 0 unspecified atom stereocenters. The first-order chi connectivity index (χ1) is 13.1. The van der Waals surface area contributed by atoms with Crippen LogP contribution in [0.2, 0.25) is 5.02 Å². The van der Waals surface area contributed by atoms with E-state index in [0.29, 0.717) is 17.5 Å². The first-order valence-corrected chi connectivity index (χ1v) is 9.60. The van der Waals surface area contributed by atoms with Gasteiger partial charge in [-0.05, 0) is 62.7 Å². The standard InChI is InChI=1S/C21H22ClN3O2/c1-14-6-7-16(12-17(14)22)23-20(26)13-25-10-8-15(9-11-25)21-24-18-4-2-3-5-19(18)27-21/h2-7,12,15H,8-11,13H2,1H3,(H,23,26). The average Bonchev–Trinajstić information content (AvgIpc) is 3.09. The highest BCUT2D eigenvalue weighted by Crippen LogP contribution is 2.29. The van der Waals surface area contributed by atoms with Gasteiger partial charge in [0, 0.05) is 16.6 Å². The fourth-order valence-corrected chi connectivity index (χ4v) is 3.66. The van der Waals surface area contributed by atoms with Gasteiger partial charge in [-0.25, -0.2) is 4.98 Å². The van der Waals surface area contributed by atoms with Crippen molar-refractivity contribution in [3.63, 3.8) is 0 Å². The highest BCUT2D eigenvalue weighted by atomic mass is 35.5. The minimum absolute atomic E-state index is 0.0183. The highest BCUT2D eigenvalue weighted by molar-refractivity contribution is 6.31. The Balaban J connectivity index is 1.31. The number of hydrogen-bond donors (Lipinski definition) is 1. The van der Waals surface area contributed by atoms with E-state index in [1.807, 2.05) is 43.3 Å². The molecule has 0 bridgehead atoms. The number of para-hydroxylation sites is 2. The lowest BCUT2D eigenvalue weighted by Gasteiger charge is -2.29. The van der Waals surface area contributed by atoms with Gasteiger partial charge in [0.25, 0.3) is 0 Å². The summed E-state index contributed by atoms with van der Waals surface area (Å²) in [6.45, 7) is 4.03. The molecule has 0 radical (unpaired) electrons. The Morgan fingerprint density at radius 3 is 2.78 bits per heavy atom. The number of rotatable bonds is 4. The van der Waals surface area contributed by atoms with Crippen LogP contribution in [0, 0.1) is 6.92 Å². The Kier molecular flexibility index (Phi) is 5.14. The minimum Gasteiger partial charge on any atom is -0.440 e. The Morgan fingerprint density at radius 2 is 2.04 bits per heavy atom. The number of hydrogen-bond acceptors (Lipinski definition) is 4. The molecule has 1 aliphatic heterocycles. The largest absolute Gasteiger partial charge is 0.440 e. The van der Waals surface area contributed by atoms with Crippen molar-refractivity contribution in [2.24, 2.45) is 0 Å². The second kappa shape index (κ2) is 7.71. The summed E-state index contributed by atoms with van der Waals surface area (Å²) in [5, 5.41) is 3.58. The number of aromatic nitrogens is 1. The maximum atomic E-state index is 12.3. The predicted molar refractivity (Wildman–Crippen MR) is 107 cm³/mol. The number of benzene rings is 2. The molecular formula is C21H22ClN3O2. The molecule has 1 aliphatic rings. The third-order valence-corrected chi connectivity index (χ3v) is 5.48. The molecule has 140 valence electrons. The van der Waals surface area contributed by atoms with E-state index in [1.165, 1.54) is 0 Å². The monoisotopic (exact) mass is 383 g/mol. The molecule has 0 spiro atoms. The van der Waals surface area contributed by atoms with Gasteiger partial charge in [0.15, 0.2) is 11.5 Å². The van der Waals surface area contributed by atoms with Gasteiger partial charge < -0.3 is 9.73 Å². The Labute approximate surface area is 163 Å². The summed E-state index contributed by atoms with van der Waals surface area (Å²) in [4.78, 5) is 19.1. The van der Waals surface area contributed by atoms with Crippen molar-refractivity contribution in [2.45, 2.75) is 25.7 Å². The molecule has 1 fully saturated rings. The van der Waals surface area contributed by atoms with E-state index in [9.17, 15) is 4.79 Å². The van der Waals surface area contributed by atoms with Gasteiger partial charge in [-0.2, -0.15) is 0 Å². The number of amides is 1. The predicted octanol–water partition coefficient (Wildman–Crippen LogP) is 4.61. The number of halogens is 1. The van der Waals surface area contributed by atoms with Gasteiger partial charge in [-0.3, -0.25) is 9.69 Å². The third kappa shape index (κ3) is 4.15. The smallest absolute Gasteiger partial charge is 0.238 e. The number of nitrogens with one attached hydrogen (secondary N) is 1. The second-order valence-electron chi connectivity index (χ2n) is 7.08. The van der Waals surface area contributed by atoms with Gasteiger partial charge in [0.05, 0.1) is 6.54 Å². The fourth-order valence-electron chi connectivity index (χ4n) is 3.48. The lowest BCUT2D eigenvalue weighted by molar-refractivity contribution is -0.117. The van der Waals surface area contributed by atoms with Crippen LogP contribution < -0.4 is 5.32 Å². The topological polar surface area (TPSA) is 58.4 Å². The van der Waals surface area contributed by atoms with Crippen molar-refractivity contribution in [3.8, 4) is 0 Å². The number of carbonyl (C=O) groups is 1. The van der Waals surface area contributed by atoms with Crippen LogP contribution in [0.5, 0.6) is 0 Å². The highest BCUT2D eigenvalue weighted by Gasteiger charge is 2.25. The van der Waals surface area contributed by atoms with Crippen LogP contribution in [0.4, 0.5) is 5.69 Å². The van der Waals surface area contributed by atoms with Crippen molar-refractivity contribution < 1.29 is 9.21 Å². The lowest BCUT2D eigenvalue weighted by atomic mass is 9.97. The normalized spacial score (nSPS) is 15.9. The molecule has 0 atom stereocenters. The van der Waals surface area contributed by atoms with E-state index in [0.717, 1.165) is 54.2 Å². The number of piperidine rings is 1. The number of fused-ring (bicyclic) bond motifs is 1. The molecule has 1 N–H and O–H groups in total. The molecule has 1 saturated heterocycles. The van der Waals surface area contributed by atoms with Gasteiger partial charge >= 0.3 is 0 Å². The molecule has 2 aromatic carbocycles. The Morgan fingerprint density at radius 1 is 1.26 bits per heavy atom. The Hall–Kier alpha value is -2.37. The minimum atomic E-state index is -0.0183. The number of nitrogens with zero attached hydrogens (tertiary/aromatic N) is 2. The number of anilines is 1. The van der Waals surface area contributed by atoms with Crippen molar-refractivity contribution in [1.29, 1.82) is 0 Å². The van der Waals surface area contributed by atoms with E-state index in [1.54, 1.807) is 6.07 Å². The van der Waals surface area contributed by atoms with Crippen LogP contribution in [-0.2, 0) is 4.79 Å². The van der Waals surface area contributed by atoms with Crippen molar-refractivity contribution >= 4 is 34.3 Å². The van der Waals surface area contributed by atoms with Crippen LogP contribution in [0.25, 0.3) is 11.1 Å². The molecule has 2 heterocycles. The van der Waals surface area contributed by atoms with Gasteiger partial charge in [0.2, 0.25) is 5.91 Å². The molecule has 1 aromatic heterocycles. The Bertz CT molecular complexity index is 928. The quantitative estimate of drug-likeness (QED) is 0.714. The lowest BCUT2D eigenvalue weighted by Crippen LogP contribution is -2.38. The molecule has 3 aromatic rings. The molecule has 1 amide bonds. The number of oxazole rings is 1. The number of carbonyl (C=O) groups excluding carboxylic acids is 1. The summed E-state index contributed by atoms with van der Waals surface area (Å²) in [5.74, 6) is 1.11. The molecule has 27 heavy (non-hydrogen) atoms. The van der Waals surface area contributed by atoms with Gasteiger partial charge in [-0.1, -0.05) is 29.8 Å².